The number of nitrogens with one attached hydrogen (secondary N) is 4. The van der Waals surface area contributed by atoms with Crippen LogP contribution in [0.2, 0.25) is 0 Å². The number of nitrogens with zero attached hydrogens (tertiary/aromatic N) is 2. The maximum absolute atomic E-state index is 13.3. The largest absolute Gasteiger partial charge is 0.480 e. The minimum atomic E-state index is -1.32. The van der Waals surface area contributed by atoms with Gasteiger partial charge in [-0.3, -0.25) is 29.2 Å². The van der Waals surface area contributed by atoms with Crippen molar-refractivity contribution in [2.24, 2.45) is 44.4 Å². The van der Waals surface area contributed by atoms with Crippen LogP contribution in [0.5, 0.6) is 0 Å². The van der Waals surface area contributed by atoms with Gasteiger partial charge in [0.05, 0.1) is 6.10 Å². The van der Waals surface area contributed by atoms with Crippen LogP contribution in [0.25, 0.3) is 0 Å². The van der Waals surface area contributed by atoms with Crippen LogP contribution in [-0.4, -0.2) is 113 Å². The minimum absolute atomic E-state index is 0.0118. The Morgan fingerprint density at radius 2 is 1.09 bits per heavy atom. The molecular weight excluding hydrogens is 612 g/mol. The van der Waals surface area contributed by atoms with Gasteiger partial charge in [0.25, 0.3) is 0 Å². The van der Waals surface area contributed by atoms with Gasteiger partial charge in [0, 0.05) is 18.8 Å². The molecule has 258 valence electrons. The Morgan fingerprint density at radius 1 is 0.689 bits per heavy atom. The molecule has 0 saturated heterocycles. The smallest absolute Gasteiger partial charge is 0.326 e. The standard InChI is InChI=1S/C25H50N12O7S/c1-13(38)18(27)22(42)35-15(7-4-10-32-24(28)29)19(39)34-14(6-2-3-9-26)20(40)37-17(12-45)21(41)36-16(23(43)44)8-5-11-33-25(30)31/h13-18,38,45H,2-12,26-27H2,1H3,(H,34,39)(H,35,42)(H,36,41)(H,37,40)(H,43,44)(H4,28,29,32)(H4,30,31,33)/t13-,14-,15-,16+,17-,18+/m1/s1. The Bertz CT molecular complexity index is 1020. The lowest BCUT2D eigenvalue weighted by atomic mass is 10.0. The van der Waals surface area contributed by atoms with Crippen molar-refractivity contribution in [3.8, 4) is 0 Å². The lowest BCUT2D eigenvalue weighted by Crippen LogP contribution is -2.59. The van der Waals surface area contributed by atoms with Crippen LogP contribution in [-0.2, 0) is 24.0 Å². The molecule has 0 aliphatic heterocycles. The predicted molar refractivity (Wildman–Crippen MR) is 172 cm³/mol. The monoisotopic (exact) mass is 662 g/mol. The summed E-state index contributed by atoms with van der Waals surface area (Å²) in [5.41, 5.74) is 32.5. The van der Waals surface area contributed by atoms with Crippen molar-refractivity contribution in [3.63, 3.8) is 0 Å². The number of amides is 4. The lowest BCUT2D eigenvalue weighted by molar-refractivity contribution is -0.142. The molecule has 18 N–H and O–H groups in total. The summed E-state index contributed by atoms with van der Waals surface area (Å²) < 4.78 is 0. The molecule has 0 spiro atoms. The zero-order chi connectivity index (χ0) is 34.5. The molecule has 0 aromatic rings. The van der Waals surface area contributed by atoms with Gasteiger partial charge >= 0.3 is 5.97 Å². The number of aliphatic hydroxyl groups excluding tert-OH is 1. The molecule has 0 fully saturated rings. The normalized spacial score (nSPS) is 14.8. The fourth-order valence-corrected chi connectivity index (χ4v) is 4.05. The van der Waals surface area contributed by atoms with Crippen molar-refractivity contribution in [3.05, 3.63) is 0 Å². The second-order valence-corrected chi connectivity index (χ2v) is 10.6. The van der Waals surface area contributed by atoms with E-state index in [1.54, 1.807) is 0 Å². The summed E-state index contributed by atoms with van der Waals surface area (Å²) in [4.78, 5) is 71.4. The van der Waals surface area contributed by atoms with Crippen LogP contribution in [0.3, 0.4) is 0 Å². The average Bonchev–Trinajstić information content (AvgIpc) is 2.96. The number of carboxylic acid groups (broad SMARTS) is 1. The topological polar surface area (TPSA) is 355 Å². The van der Waals surface area contributed by atoms with Crippen molar-refractivity contribution in [2.75, 3.05) is 25.4 Å². The molecule has 0 heterocycles. The van der Waals surface area contributed by atoms with E-state index in [4.69, 9.17) is 34.4 Å². The number of hydrogen-bond acceptors (Lipinski definition) is 11. The highest BCUT2D eigenvalue weighted by Crippen LogP contribution is 2.07. The number of carbonyl (C=O) groups is 5. The fourth-order valence-electron chi connectivity index (χ4n) is 3.79. The molecule has 0 radical (unpaired) electrons. The number of hydrogen-bond donors (Lipinski definition) is 13. The maximum atomic E-state index is 13.3. The van der Waals surface area contributed by atoms with Gasteiger partial charge in [-0.25, -0.2) is 4.79 Å². The van der Waals surface area contributed by atoms with Crippen LogP contribution in [0.1, 0.15) is 51.9 Å². The third-order valence-corrected chi connectivity index (χ3v) is 6.72. The van der Waals surface area contributed by atoms with Gasteiger partial charge in [0.1, 0.15) is 30.2 Å². The van der Waals surface area contributed by atoms with Crippen LogP contribution >= 0.6 is 12.6 Å². The number of thiol groups is 1. The number of aliphatic imine (C=N–C) groups is 2. The molecule has 0 unspecified atom stereocenters. The highest BCUT2D eigenvalue weighted by molar-refractivity contribution is 7.80. The molecule has 0 aliphatic carbocycles. The molecule has 20 heteroatoms. The Hall–Kier alpha value is -3.88. The first-order valence-electron chi connectivity index (χ1n) is 14.4. The number of unbranched alkanes of at least 4 members (excludes halogenated alkanes) is 1. The van der Waals surface area contributed by atoms with Crippen LogP contribution in [0.4, 0.5) is 0 Å². The third kappa shape index (κ3) is 17.9. The van der Waals surface area contributed by atoms with Gasteiger partial charge in [-0.2, -0.15) is 12.6 Å². The summed E-state index contributed by atoms with van der Waals surface area (Å²) in [6.45, 7) is 1.94. The van der Waals surface area contributed by atoms with E-state index < -0.39 is 65.9 Å². The van der Waals surface area contributed by atoms with E-state index in [-0.39, 0.29) is 62.9 Å². The van der Waals surface area contributed by atoms with E-state index in [0.29, 0.717) is 19.4 Å². The first kappa shape index (κ1) is 41.1. The lowest BCUT2D eigenvalue weighted by Gasteiger charge is -2.26. The highest BCUT2D eigenvalue weighted by Gasteiger charge is 2.31. The fraction of sp³-hybridized carbons (Fsp3) is 0.720. The predicted octanol–water partition coefficient (Wildman–Crippen LogP) is -5.12. The molecule has 45 heavy (non-hydrogen) atoms. The van der Waals surface area contributed by atoms with Crippen LogP contribution < -0.4 is 55.7 Å². The molecule has 0 aromatic heterocycles. The second kappa shape index (κ2) is 22.6. The number of nitrogens with two attached hydrogens (primary N) is 6. The minimum Gasteiger partial charge on any atom is -0.480 e. The number of carbonyl (C=O) groups excluding carboxylic acids is 4. The summed E-state index contributed by atoms with van der Waals surface area (Å²) in [5.74, 6) is -4.89. The zero-order valence-electron chi connectivity index (χ0n) is 25.5. The molecule has 0 saturated carbocycles. The highest BCUT2D eigenvalue weighted by atomic mass is 32.1. The zero-order valence-corrected chi connectivity index (χ0v) is 26.4. The van der Waals surface area contributed by atoms with E-state index in [9.17, 15) is 34.2 Å². The van der Waals surface area contributed by atoms with Gasteiger partial charge < -0.3 is 65.9 Å². The SMILES string of the molecule is C[C@@H](O)[C@H](N)C(=O)N[C@H](CCCN=C(N)N)C(=O)N[C@H](CCCCN)C(=O)N[C@H](CS)C(=O)N[C@@H](CCCN=C(N)N)C(=O)O. The number of guanidine groups is 2. The molecule has 0 bridgehead atoms. The molecule has 0 rings (SSSR count). The summed E-state index contributed by atoms with van der Waals surface area (Å²) in [6, 6.07) is -6.22. The Morgan fingerprint density at radius 3 is 1.51 bits per heavy atom. The summed E-state index contributed by atoms with van der Waals surface area (Å²) >= 11 is 4.12. The van der Waals surface area contributed by atoms with Crippen LogP contribution in [0, 0.1) is 0 Å². The molecule has 19 nitrogen and oxygen atoms in total. The Labute approximate surface area is 267 Å². The number of rotatable bonds is 23. The number of carboxylic acids is 1. The van der Waals surface area contributed by atoms with Gasteiger partial charge in [-0.15, -0.1) is 0 Å². The van der Waals surface area contributed by atoms with E-state index in [1.165, 1.54) is 6.92 Å². The summed E-state index contributed by atoms with van der Waals surface area (Å²) in [5, 5.41) is 29.1. The molecule has 6 atom stereocenters. The first-order valence-corrected chi connectivity index (χ1v) is 15.1. The van der Waals surface area contributed by atoms with E-state index in [1.807, 2.05) is 0 Å². The third-order valence-electron chi connectivity index (χ3n) is 6.36. The van der Waals surface area contributed by atoms with Crippen molar-refractivity contribution in [1.82, 2.24) is 21.3 Å². The Kier molecular flexibility index (Phi) is 20.7. The van der Waals surface area contributed by atoms with Gasteiger partial charge in [-0.05, 0) is 58.4 Å². The number of aliphatic hydroxyl groups is 1. The summed E-state index contributed by atoms with van der Waals surface area (Å²) in [6.07, 6.45) is 0.471. The number of aliphatic carboxylic acids is 1. The van der Waals surface area contributed by atoms with Crippen molar-refractivity contribution < 1.29 is 34.2 Å². The maximum Gasteiger partial charge on any atom is 0.326 e. The quantitative estimate of drug-likeness (QED) is 0.0211. The molecule has 0 aromatic carbocycles. The van der Waals surface area contributed by atoms with Crippen LogP contribution in [0.15, 0.2) is 9.98 Å². The van der Waals surface area contributed by atoms with Crippen molar-refractivity contribution >= 4 is 54.1 Å². The van der Waals surface area contributed by atoms with E-state index in [0.717, 1.165) is 0 Å². The average molecular weight is 663 g/mol. The van der Waals surface area contributed by atoms with Gasteiger partial charge in [-0.1, -0.05) is 0 Å². The summed E-state index contributed by atoms with van der Waals surface area (Å²) in [7, 11) is 0. The van der Waals surface area contributed by atoms with E-state index >= 15 is 0 Å². The van der Waals surface area contributed by atoms with Crippen molar-refractivity contribution in [1.29, 1.82) is 0 Å². The molecule has 4 amide bonds. The first-order chi connectivity index (χ1) is 21.1. The molecule has 0 aliphatic rings. The Balaban J connectivity index is 5.75. The second-order valence-electron chi connectivity index (χ2n) is 10.2. The van der Waals surface area contributed by atoms with E-state index in [2.05, 4.69) is 43.9 Å². The van der Waals surface area contributed by atoms with Gasteiger partial charge in [0.2, 0.25) is 23.6 Å². The molecular formula is C25H50N12O7S. The van der Waals surface area contributed by atoms with Gasteiger partial charge in [0.15, 0.2) is 11.9 Å². The van der Waals surface area contributed by atoms with Crippen molar-refractivity contribution in [2.45, 2.75) is 88.2 Å².